The van der Waals surface area contributed by atoms with Crippen LogP contribution < -0.4 is 5.73 Å². The standard InChI is InChI=1S/C17H22N2O2/c1-13-5-6-15(14(12-13)4-3-9-18)16(20)19-10-7-17(2,21)8-11-19/h5-6,12,21H,7-11,18H2,1-2H3. The van der Waals surface area contributed by atoms with E-state index in [4.69, 9.17) is 5.73 Å². The molecule has 112 valence electrons. The van der Waals surface area contributed by atoms with Gasteiger partial charge < -0.3 is 15.7 Å². The maximum atomic E-state index is 12.7. The molecule has 1 fully saturated rings. The summed E-state index contributed by atoms with van der Waals surface area (Å²) in [7, 11) is 0. The highest BCUT2D eigenvalue weighted by Gasteiger charge is 2.30. The Bertz CT molecular complexity index is 587. The lowest BCUT2D eigenvalue weighted by Gasteiger charge is -2.36. The van der Waals surface area contributed by atoms with Crippen LogP contribution >= 0.6 is 0 Å². The number of hydrogen-bond donors (Lipinski definition) is 2. The maximum absolute atomic E-state index is 12.7. The van der Waals surface area contributed by atoms with Crippen molar-refractivity contribution in [2.75, 3.05) is 19.6 Å². The molecule has 1 aromatic rings. The van der Waals surface area contributed by atoms with E-state index in [2.05, 4.69) is 11.8 Å². The van der Waals surface area contributed by atoms with E-state index in [9.17, 15) is 9.90 Å². The Balaban J connectivity index is 2.23. The van der Waals surface area contributed by atoms with Gasteiger partial charge in [0, 0.05) is 18.7 Å². The van der Waals surface area contributed by atoms with E-state index in [1.807, 2.05) is 32.0 Å². The molecule has 0 atom stereocenters. The van der Waals surface area contributed by atoms with Gasteiger partial charge in [0.05, 0.1) is 17.7 Å². The number of likely N-dealkylation sites (tertiary alicyclic amines) is 1. The Labute approximate surface area is 125 Å². The van der Waals surface area contributed by atoms with Crippen LogP contribution in [0.4, 0.5) is 0 Å². The second-order valence-electron chi connectivity index (χ2n) is 5.84. The SMILES string of the molecule is Cc1ccc(C(=O)N2CCC(C)(O)CC2)c(C#CCN)c1. The third-order valence-corrected chi connectivity index (χ3v) is 3.86. The fourth-order valence-electron chi connectivity index (χ4n) is 2.46. The zero-order valence-corrected chi connectivity index (χ0v) is 12.6. The van der Waals surface area contributed by atoms with Gasteiger partial charge >= 0.3 is 0 Å². The van der Waals surface area contributed by atoms with Crippen LogP contribution in [0.1, 0.15) is 41.3 Å². The lowest BCUT2D eigenvalue weighted by atomic mass is 9.93. The summed E-state index contributed by atoms with van der Waals surface area (Å²) >= 11 is 0. The molecule has 21 heavy (non-hydrogen) atoms. The summed E-state index contributed by atoms with van der Waals surface area (Å²) in [5, 5.41) is 9.98. The average Bonchev–Trinajstić information content (AvgIpc) is 2.44. The number of nitrogens with two attached hydrogens (primary N) is 1. The Hall–Kier alpha value is -1.83. The number of carbonyl (C=O) groups excluding carboxylic acids is 1. The lowest BCUT2D eigenvalue weighted by molar-refractivity contribution is -0.00202. The van der Waals surface area contributed by atoms with Crippen molar-refractivity contribution in [3.63, 3.8) is 0 Å². The molecule has 1 saturated heterocycles. The highest BCUT2D eigenvalue weighted by Crippen LogP contribution is 2.23. The minimum Gasteiger partial charge on any atom is -0.390 e. The molecule has 0 aromatic heterocycles. The predicted molar refractivity (Wildman–Crippen MR) is 82.9 cm³/mol. The number of aliphatic hydroxyl groups is 1. The average molecular weight is 286 g/mol. The Morgan fingerprint density at radius 3 is 2.71 bits per heavy atom. The largest absolute Gasteiger partial charge is 0.390 e. The van der Waals surface area contributed by atoms with Crippen LogP contribution in [-0.2, 0) is 0 Å². The third-order valence-electron chi connectivity index (χ3n) is 3.86. The van der Waals surface area contributed by atoms with Crippen molar-refractivity contribution < 1.29 is 9.90 Å². The molecule has 1 heterocycles. The second-order valence-corrected chi connectivity index (χ2v) is 5.84. The van der Waals surface area contributed by atoms with Gasteiger partial charge in [-0.05, 0) is 44.4 Å². The van der Waals surface area contributed by atoms with Crippen molar-refractivity contribution in [2.24, 2.45) is 5.73 Å². The maximum Gasteiger partial charge on any atom is 0.255 e. The smallest absolute Gasteiger partial charge is 0.255 e. The number of amides is 1. The number of rotatable bonds is 1. The van der Waals surface area contributed by atoms with Gasteiger partial charge in [0.15, 0.2) is 0 Å². The summed E-state index contributed by atoms with van der Waals surface area (Å²) in [6.07, 6.45) is 1.21. The first-order valence-corrected chi connectivity index (χ1v) is 7.24. The van der Waals surface area contributed by atoms with Gasteiger partial charge in [-0.1, -0.05) is 17.9 Å². The number of nitrogens with zero attached hydrogens (tertiary/aromatic N) is 1. The number of benzene rings is 1. The number of hydrogen-bond acceptors (Lipinski definition) is 3. The van der Waals surface area contributed by atoms with Gasteiger partial charge in [0.2, 0.25) is 0 Å². The number of carbonyl (C=O) groups is 1. The van der Waals surface area contributed by atoms with Crippen molar-refractivity contribution in [3.8, 4) is 11.8 Å². The van der Waals surface area contributed by atoms with Crippen molar-refractivity contribution in [1.82, 2.24) is 4.90 Å². The summed E-state index contributed by atoms with van der Waals surface area (Å²) in [5.74, 6) is 5.77. The zero-order valence-electron chi connectivity index (χ0n) is 12.6. The van der Waals surface area contributed by atoms with Gasteiger partial charge in [0.1, 0.15) is 0 Å². The van der Waals surface area contributed by atoms with Crippen LogP contribution in [0.5, 0.6) is 0 Å². The van der Waals surface area contributed by atoms with Gasteiger partial charge in [-0.15, -0.1) is 0 Å². The molecular weight excluding hydrogens is 264 g/mol. The first-order valence-electron chi connectivity index (χ1n) is 7.24. The Kier molecular flexibility index (Phi) is 4.66. The fourth-order valence-corrected chi connectivity index (χ4v) is 2.46. The normalized spacial score (nSPS) is 17.0. The summed E-state index contributed by atoms with van der Waals surface area (Å²) in [6.45, 7) is 5.21. The summed E-state index contributed by atoms with van der Waals surface area (Å²) in [6, 6.07) is 5.65. The summed E-state index contributed by atoms with van der Waals surface area (Å²) in [4.78, 5) is 14.4. The van der Waals surface area contributed by atoms with E-state index in [0.29, 0.717) is 31.5 Å². The van der Waals surface area contributed by atoms with Crippen LogP contribution in [0.25, 0.3) is 0 Å². The van der Waals surface area contributed by atoms with Crippen molar-refractivity contribution in [1.29, 1.82) is 0 Å². The summed E-state index contributed by atoms with van der Waals surface area (Å²) < 4.78 is 0. The van der Waals surface area contributed by atoms with Crippen LogP contribution in [0.3, 0.4) is 0 Å². The quantitative estimate of drug-likeness (QED) is 0.765. The molecule has 0 aliphatic carbocycles. The molecule has 1 aliphatic heterocycles. The molecule has 4 heteroatoms. The van der Waals surface area contributed by atoms with E-state index in [-0.39, 0.29) is 12.5 Å². The van der Waals surface area contributed by atoms with Crippen molar-refractivity contribution in [3.05, 3.63) is 34.9 Å². The molecule has 0 spiro atoms. The Morgan fingerprint density at radius 2 is 2.10 bits per heavy atom. The van der Waals surface area contributed by atoms with E-state index in [1.54, 1.807) is 4.90 Å². The Morgan fingerprint density at radius 1 is 1.43 bits per heavy atom. The van der Waals surface area contributed by atoms with Crippen molar-refractivity contribution >= 4 is 5.91 Å². The molecule has 2 rings (SSSR count). The monoisotopic (exact) mass is 286 g/mol. The molecule has 3 N–H and O–H groups in total. The predicted octanol–water partition coefficient (Wildman–Crippen LogP) is 1.29. The van der Waals surface area contributed by atoms with Gasteiger partial charge in [-0.3, -0.25) is 4.79 Å². The van der Waals surface area contributed by atoms with Crippen LogP contribution in [0, 0.1) is 18.8 Å². The lowest BCUT2D eigenvalue weighted by Crippen LogP contribution is -2.45. The minimum atomic E-state index is -0.660. The highest BCUT2D eigenvalue weighted by molar-refractivity contribution is 5.97. The number of aryl methyl sites for hydroxylation is 1. The van der Waals surface area contributed by atoms with Crippen LogP contribution in [-0.4, -0.2) is 41.1 Å². The molecule has 1 aromatic carbocycles. The molecule has 0 saturated carbocycles. The van der Waals surface area contributed by atoms with E-state index in [1.165, 1.54) is 0 Å². The summed E-state index contributed by atoms with van der Waals surface area (Å²) in [5.41, 5.74) is 7.16. The van der Waals surface area contributed by atoms with E-state index < -0.39 is 5.60 Å². The van der Waals surface area contributed by atoms with Gasteiger partial charge in [-0.25, -0.2) is 0 Å². The first kappa shape index (κ1) is 15.6. The third kappa shape index (κ3) is 3.84. The topological polar surface area (TPSA) is 66.6 Å². The van der Waals surface area contributed by atoms with Crippen LogP contribution in [0.15, 0.2) is 18.2 Å². The molecule has 0 bridgehead atoms. The van der Waals surface area contributed by atoms with Crippen LogP contribution in [0.2, 0.25) is 0 Å². The molecule has 1 aliphatic rings. The van der Waals surface area contributed by atoms with Crippen molar-refractivity contribution in [2.45, 2.75) is 32.3 Å². The molecule has 1 amide bonds. The minimum absolute atomic E-state index is 0.0215. The van der Waals surface area contributed by atoms with Gasteiger partial charge in [0.25, 0.3) is 5.91 Å². The second kappa shape index (κ2) is 6.30. The van der Waals surface area contributed by atoms with E-state index >= 15 is 0 Å². The highest BCUT2D eigenvalue weighted by atomic mass is 16.3. The fraction of sp³-hybridized carbons (Fsp3) is 0.471. The zero-order chi connectivity index (χ0) is 15.5. The number of piperidine rings is 1. The first-order chi connectivity index (χ1) is 9.93. The van der Waals surface area contributed by atoms with E-state index in [0.717, 1.165) is 11.1 Å². The molecule has 4 nitrogen and oxygen atoms in total. The molecule has 0 radical (unpaired) electrons. The molecular formula is C17H22N2O2. The van der Waals surface area contributed by atoms with Gasteiger partial charge in [-0.2, -0.15) is 0 Å². The molecule has 0 unspecified atom stereocenters.